The molecular weight excluding hydrogens is 473 g/mol. The molecule has 0 radical (unpaired) electrons. The average molecular weight is 519 g/mol. The highest BCUT2D eigenvalue weighted by atomic mass is 33.2. The molecular formula is C34H46S2. The number of hydrogen-bond donors (Lipinski definition) is 0. The second-order valence-electron chi connectivity index (χ2n) is 14.6. The molecule has 0 aliphatic heterocycles. The van der Waals surface area contributed by atoms with Gasteiger partial charge in [0.05, 0.1) is 0 Å². The molecule has 0 nitrogen and oxygen atoms in total. The molecule has 2 atom stereocenters. The van der Waals surface area contributed by atoms with E-state index in [2.05, 4.69) is 103 Å². The van der Waals surface area contributed by atoms with Crippen LogP contribution in [0.4, 0.5) is 0 Å². The molecule has 194 valence electrons. The van der Waals surface area contributed by atoms with E-state index < -0.39 is 18.1 Å². The molecule has 4 aliphatic rings. The van der Waals surface area contributed by atoms with Crippen LogP contribution in [-0.4, -0.2) is 25.0 Å². The Morgan fingerprint density at radius 1 is 0.583 bits per heavy atom. The van der Waals surface area contributed by atoms with Crippen LogP contribution in [0.3, 0.4) is 0 Å². The Morgan fingerprint density at radius 2 is 0.944 bits per heavy atom. The van der Waals surface area contributed by atoms with E-state index in [1.54, 1.807) is 55.7 Å². The van der Waals surface area contributed by atoms with Gasteiger partial charge in [0.25, 0.3) is 0 Å². The molecule has 0 aromatic heterocycles. The summed E-state index contributed by atoms with van der Waals surface area (Å²) < 4.78 is 0. The fourth-order valence-electron chi connectivity index (χ4n) is 8.22. The maximum atomic E-state index is 2.68. The van der Waals surface area contributed by atoms with Crippen LogP contribution in [0.2, 0.25) is 0 Å². The Balaban J connectivity index is 1.42. The van der Waals surface area contributed by atoms with Crippen molar-refractivity contribution >= 4 is 30.3 Å². The largest absolute Gasteiger partial charge is 0.204 e. The van der Waals surface area contributed by atoms with Gasteiger partial charge in [-0.1, -0.05) is 75.3 Å². The topological polar surface area (TPSA) is 0 Å². The third kappa shape index (κ3) is 3.42. The highest BCUT2D eigenvalue weighted by Crippen LogP contribution is 2.88. The van der Waals surface area contributed by atoms with Crippen LogP contribution in [0.1, 0.15) is 96.5 Å². The van der Waals surface area contributed by atoms with Gasteiger partial charge in [-0.2, -0.15) is 0 Å². The molecule has 0 saturated heterocycles. The Labute approximate surface area is 223 Å². The minimum Gasteiger partial charge on any atom is -0.204 e. The van der Waals surface area contributed by atoms with E-state index in [1.807, 2.05) is 0 Å². The Kier molecular flexibility index (Phi) is 5.26. The van der Waals surface area contributed by atoms with Gasteiger partial charge in [-0.05, 0) is 120 Å². The van der Waals surface area contributed by atoms with E-state index in [9.17, 15) is 0 Å². The van der Waals surface area contributed by atoms with Crippen LogP contribution in [0, 0.1) is 10.8 Å². The van der Waals surface area contributed by atoms with Gasteiger partial charge in [-0.25, -0.2) is 18.1 Å². The first-order valence-electron chi connectivity index (χ1n) is 13.7. The fourth-order valence-corrected chi connectivity index (χ4v) is 17.3. The summed E-state index contributed by atoms with van der Waals surface area (Å²) in [5.74, 6) is 0. The summed E-state index contributed by atoms with van der Waals surface area (Å²) in [6.45, 7) is 14.6. The van der Waals surface area contributed by atoms with Crippen molar-refractivity contribution in [2.75, 3.05) is 25.0 Å². The lowest BCUT2D eigenvalue weighted by Crippen LogP contribution is -2.20. The van der Waals surface area contributed by atoms with Crippen molar-refractivity contribution in [1.29, 1.82) is 0 Å². The van der Waals surface area contributed by atoms with Gasteiger partial charge < -0.3 is 0 Å². The Hall–Kier alpha value is -1.38. The summed E-state index contributed by atoms with van der Waals surface area (Å²) in [6.07, 6.45) is 20.8. The zero-order valence-corrected chi connectivity index (χ0v) is 25.9. The summed E-state index contributed by atoms with van der Waals surface area (Å²) in [4.78, 5) is 0. The lowest BCUT2D eigenvalue weighted by molar-refractivity contribution is 0.392. The second-order valence-corrected chi connectivity index (χ2v) is 25.9. The van der Waals surface area contributed by atoms with Gasteiger partial charge in [-0.15, -0.1) is 0 Å². The summed E-state index contributed by atoms with van der Waals surface area (Å²) in [6, 6.07) is 10.0. The molecule has 4 aliphatic carbocycles. The van der Waals surface area contributed by atoms with E-state index in [0.29, 0.717) is 21.3 Å². The number of hydrogen-bond acceptors (Lipinski definition) is 0. The number of rotatable bonds is 3. The van der Waals surface area contributed by atoms with Gasteiger partial charge in [0.15, 0.2) is 0 Å². The van der Waals surface area contributed by atoms with Crippen molar-refractivity contribution in [3.8, 4) is 0 Å². The molecule has 2 aromatic carbocycles. The summed E-state index contributed by atoms with van der Waals surface area (Å²) in [5, 5.41) is 1.16. The minimum atomic E-state index is -0.969. The van der Waals surface area contributed by atoms with Gasteiger partial charge in [-0.3, -0.25) is 0 Å². The van der Waals surface area contributed by atoms with Crippen molar-refractivity contribution in [2.24, 2.45) is 10.8 Å². The van der Waals surface area contributed by atoms with Crippen molar-refractivity contribution in [3.05, 3.63) is 79.9 Å². The van der Waals surface area contributed by atoms with Gasteiger partial charge in [0.1, 0.15) is 0 Å². The maximum Gasteiger partial charge on any atom is 0.0421 e. The van der Waals surface area contributed by atoms with Crippen LogP contribution in [0.15, 0.2) is 35.4 Å². The fraction of sp³-hybridized carbons (Fsp3) is 0.529. The maximum absolute atomic E-state index is 2.68. The molecule has 0 fully saturated rings. The quantitative estimate of drug-likeness (QED) is 0.355. The van der Waals surface area contributed by atoms with Crippen LogP contribution in [0.25, 0.3) is 12.2 Å². The lowest BCUT2D eigenvalue weighted by Gasteiger charge is -2.59. The zero-order valence-electron chi connectivity index (χ0n) is 24.3. The van der Waals surface area contributed by atoms with Crippen molar-refractivity contribution in [3.63, 3.8) is 0 Å². The molecule has 36 heavy (non-hydrogen) atoms. The lowest BCUT2D eigenvalue weighted by atomic mass is 9.90. The summed E-state index contributed by atoms with van der Waals surface area (Å²) >= 11 is 0. The first kappa shape index (κ1) is 24.9. The van der Waals surface area contributed by atoms with E-state index in [4.69, 9.17) is 0 Å². The highest BCUT2D eigenvalue weighted by molar-refractivity contribution is 9.07. The monoisotopic (exact) mass is 518 g/mol. The van der Waals surface area contributed by atoms with E-state index >= 15 is 0 Å². The molecule has 0 N–H and O–H groups in total. The predicted octanol–water partition coefficient (Wildman–Crippen LogP) is 9.60. The normalized spacial score (nSPS) is 26.2. The van der Waals surface area contributed by atoms with Crippen molar-refractivity contribution < 1.29 is 0 Å². The Bertz CT molecular complexity index is 1260. The van der Waals surface area contributed by atoms with E-state index in [0.717, 1.165) is 0 Å². The first-order chi connectivity index (χ1) is 16.6. The zero-order chi connectivity index (χ0) is 26.0. The molecule has 6 rings (SSSR count). The van der Waals surface area contributed by atoms with Crippen molar-refractivity contribution in [2.45, 2.75) is 77.7 Å². The SMILES string of the molecule is CC1=Cc2c(ccc3c2CC(C)(C)C3)C1S(C)(C)S(C)(C)C1C(C)=Cc2c1ccc1c2CC(C)(C)C1. The minimum absolute atomic E-state index is 0.397. The van der Waals surface area contributed by atoms with Crippen LogP contribution >= 0.6 is 18.1 Å². The van der Waals surface area contributed by atoms with Gasteiger partial charge in [0, 0.05) is 10.5 Å². The molecule has 2 aromatic rings. The standard InChI is InChI=1S/C34H46S2/c1-21-15-27-25(13-11-23-17-33(3,4)19-29(23)27)31(21)35(7,8)36(9,10)32-22(2)16-28-26(32)14-12-24-18-34(5,6)20-30(24)28/h11-16,31-32H,17-20H2,1-10H3. The Morgan fingerprint density at radius 3 is 1.31 bits per heavy atom. The molecule has 0 saturated carbocycles. The molecule has 0 spiro atoms. The summed E-state index contributed by atoms with van der Waals surface area (Å²) in [7, 11) is -1.94. The molecule has 0 heterocycles. The average Bonchev–Trinajstić information content (AvgIpc) is 3.44. The number of fused-ring (bicyclic) bond motifs is 6. The van der Waals surface area contributed by atoms with E-state index in [1.165, 1.54) is 25.7 Å². The predicted molar refractivity (Wildman–Crippen MR) is 167 cm³/mol. The third-order valence-corrected chi connectivity index (χ3v) is 23.5. The molecule has 0 amide bonds. The van der Waals surface area contributed by atoms with Crippen molar-refractivity contribution in [1.82, 2.24) is 0 Å². The molecule has 0 bridgehead atoms. The van der Waals surface area contributed by atoms with Gasteiger partial charge in [0.2, 0.25) is 0 Å². The third-order valence-electron chi connectivity index (χ3n) is 10.0. The molecule has 2 unspecified atom stereocenters. The van der Waals surface area contributed by atoms with Crippen LogP contribution < -0.4 is 0 Å². The highest BCUT2D eigenvalue weighted by Gasteiger charge is 2.47. The van der Waals surface area contributed by atoms with Crippen LogP contribution in [-0.2, 0) is 25.7 Å². The van der Waals surface area contributed by atoms with E-state index in [-0.39, 0.29) is 0 Å². The summed E-state index contributed by atoms with van der Waals surface area (Å²) in [5.41, 5.74) is 17.0. The smallest absolute Gasteiger partial charge is 0.0421 e. The second kappa shape index (κ2) is 7.60. The van der Waals surface area contributed by atoms with Gasteiger partial charge >= 0.3 is 0 Å². The number of benzene rings is 2. The van der Waals surface area contributed by atoms with Crippen LogP contribution in [0.5, 0.6) is 0 Å². The first-order valence-corrected chi connectivity index (χ1v) is 19.3. The molecule has 2 heteroatoms.